The first-order valence-electron chi connectivity index (χ1n) is 5.72. The molecule has 4 heteroatoms. The summed E-state index contributed by atoms with van der Waals surface area (Å²) in [6, 6.07) is 10.3. The van der Waals surface area contributed by atoms with Crippen LogP contribution in [0.4, 0.5) is 0 Å². The lowest BCUT2D eigenvalue weighted by Gasteiger charge is -2.14. The minimum absolute atomic E-state index is 0.147. The van der Waals surface area contributed by atoms with Crippen LogP contribution in [0.15, 0.2) is 30.3 Å². The van der Waals surface area contributed by atoms with E-state index in [-0.39, 0.29) is 5.97 Å². The molecule has 1 rings (SSSR count). The highest BCUT2D eigenvalue weighted by atomic mass is 127. The lowest BCUT2D eigenvalue weighted by Crippen LogP contribution is -2.83. The monoisotopic (exact) mass is 348 g/mol. The first-order valence-corrected chi connectivity index (χ1v) is 6.80. The number of hydrogen-bond acceptors (Lipinski definition) is 2. The van der Waals surface area contributed by atoms with E-state index in [0.717, 1.165) is 13.1 Å². The maximum absolute atomic E-state index is 11.5. The fraction of sp³-hybridized carbons (Fsp3) is 0.462. The quantitative estimate of drug-likeness (QED) is 0.367. The molecule has 0 bridgehead atoms. The van der Waals surface area contributed by atoms with Gasteiger partial charge in [-0.05, 0) is 13.8 Å². The molecule has 0 spiro atoms. The van der Waals surface area contributed by atoms with Crippen molar-refractivity contribution in [2.75, 3.05) is 13.2 Å². The third-order valence-electron chi connectivity index (χ3n) is 2.26. The fourth-order valence-corrected chi connectivity index (χ4v) is 1.45. The van der Waals surface area contributed by atoms with Crippen LogP contribution >= 0.6 is 22.6 Å². The van der Waals surface area contributed by atoms with E-state index in [1.54, 1.807) is 0 Å². The summed E-state index contributed by atoms with van der Waals surface area (Å²) in [5, 5.41) is 2.14. The second-order valence-corrected chi connectivity index (χ2v) is 7.07. The summed E-state index contributed by atoms with van der Waals surface area (Å²) >= 11 is 2.09. The van der Waals surface area contributed by atoms with E-state index in [9.17, 15) is 4.79 Å². The van der Waals surface area contributed by atoms with Gasteiger partial charge >= 0.3 is 5.97 Å². The van der Waals surface area contributed by atoms with Gasteiger partial charge in [-0.3, -0.25) is 4.79 Å². The minimum atomic E-state index is -0.433. The molecule has 0 saturated heterocycles. The van der Waals surface area contributed by atoms with E-state index < -0.39 is 3.42 Å². The van der Waals surface area contributed by atoms with Crippen LogP contribution in [0.5, 0.6) is 0 Å². The molecule has 0 atom stereocenters. The number of benzene rings is 1. The van der Waals surface area contributed by atoms with Gasteiger partial charge in [-0.1, -0.05) is 52.9 Å². The Hall–Kier alpha value is -0.620. The topological polar surface area (TPSA) is 42.9 Å². The molecule has 94 valence electrons. The molecule has 0 heterocycles. The SMILES string of the molecule is CC(C)(I)C(=O)OCC[NH2+]Cc1ccccc1. The number of rotatable bonds is 6. The number of quaternary nitrogens is 1. The number of carbonyl (C=O) groups excluding carboxylic acids is 1. The first kappa shape index (κ1) is 14.4. The van der Waals surface area contributed by atoms with Gasteiger partial charge in [-0.25, -0.2) is 0 Å². The van der Waals surface area contributed by atoms with Gasteiger partial charge in [-0.2, -0.15) is 0 Å². The van der Waals surface area contributed by atoms with Crippen LogP contribution in [0.1, 0.15) is 19.4 Å². The highest BCUT2D eigenvalue weighted by Crippen LogP contribution is 2.17. The standard InChI is InChI=1S/C13H18INO2/c1-13(2,14)12(16)17-9-8-15-10-11-6-4-3-5-7-11/h3-7,15H,8-10H2,1-2H3/p+1. The predicted molar refractivity (Wildman–Crippen MR) is 76.0 cm³/mol. The van der Waals surface area contributed by atoms with Crippen molar-refractivity contribution in [2.24, 2.45) is 0 Å². The van der Waals surface area contributed by atoms with E-state index in [2.05, 4.69) is 40.0 Å². The first-order chi connectivity index (χ1) is 8.00. The molecule has 0 fully saturated rings. The minimum Gasteiger partial charge on any atom is -0.459 e. The summed E-state index contributed by atoms with van der Waals surface area (Å²) in [6.07, 6.45) is 0. The zero-order valence-electron chi connectivity index (χ0n) is 10.3. The summed E-state index contributed by atoms with van der Waals surface area (Å²) in [6.45, 7) is 5.89. The Morgan fingerprint density at radius 3 is 2.59 bits per heavy atom. The van der Waals surface area contributed by atoms with E-state index in [1.165, 1.54) is 5.56 Å². The van der Waals surface area contributed by atoms with Gasteiger partial charge in [0.2, 0.25) is 0 Å². The largest absolute Gasteiger partial charge is 0.459 e. The zero-order chi connectivity index (χ0) is 12.7. The molecule has 0 aliphatic carbocycles. The number of esters is 1. The van der Waals surface area contributed by atoms with E-state index in [1.807, 2.05) is 32.0 Å². The van der Waals surface area contributed by atoms with Gasteiger partial charge in [0.1, 0.15) is 23.1 Å². The number of carbonyl (C=O) groups is 1. The highest BCUT2D eigenvalue weighted by molar-refractivity contribution is 14.1. The maximum Gasteiger partial charge on any atom is 0.321 e. The Labute approximate surface area is 116 Å². The Kier molecular flexibility index (Phi) is 5.91. The third-order valence-corrected chi connectivity index (χ3v) is 2.70. The van der Waals surface area contributed by atoms with Crippen LogP contribution in [0.3, 0.4) is 0 Å². The summed E-state index contributed by atoms with van der Waals surface area (Å²) in [4.78, 5) is 11.5. The molecule has 0 aromatic heterocycles. The van der Waals surface area contributed by atoms with E-state index in [4.69, 9.17) is 4.74 Å². The average molecular weight is 348 g/mol. The van der Waals surface area contributed by atoms with Gasteiger partial charge in [0.05, 0.1) is 0 Å². The van der Waals surface area contributed by atoms with Gasteiger partial charge in [0.25, 0.3) is 0 Å². The van der Waals surface area contributed by atoms with Gasteiger partial charge < -0.3 is 10.1 Å². The molecule has 1 aromatic rings. The predicted octanol–water partition coefficient (Wildman–Crippen LogP) is 1.51. The Morgan fingerprint density at radius 2 is 2.00 bits per heavy atom. The number of nitrogens with two attached hydrogens (primary N) is 1. The van der Waals surface area contributed by atoms with E-state index in [0.29, 0.717) is 6.61 Å². The molecule has 0 aliphatic rings. The molecule has 17 heavy (non-hydrogen) atoms. The number of ether oxygens (including phenoxy) is 1. The second-order valence-electron chi connectivity index (χ2n) is 4.38. The highest BCUT2D eigenvalue weighted by Gasteiger charge is 2.25. The Morgan fingerprint density at radius 1 is 1.35 bits per heavy atom. The fourth-order valence-electron chi connectivity index (χ4n) is 1.29. The Balaban J connectivity index is 2.12. The molecule has 0 aliphatic heterocycles. The summed E-state index contributed by atoms with van der Waals surface area (Å²) < 4.78 is 4.73. The Bertz CT molecular complexity index is 346. The van der Waals surface area contributed by atoms with E-state index >= 15 is 0 Å². The van der Waals surface area contributed by atoms with Crippen LogP contribution in [0, 0.1) is 0 Å². The summed E-state index contributed by atoms with van der Waals surface area (Å²) in [5.74, 6) is -0.147. The molecule has 3 nitrogen and oxygen atoms in total. The molecule has 0 saturated carbocycles. The molecule has 0 radical (unpaired) electrons. The van der Waals surface area contributed by atoms with Crippen LogP contribution < -0.4 is 5.32 Å². The van der Waals surface area contributed by atoms with Crippen LogP contribution in [0.25, 0.3) is 0 Å². The van der Waals surface area contributed by atoms with Crippen molar-refractivity contribution in [1.29, 1.82) is 0 Å². The molecular weight excluding hydrogens is 329 g/mol. The summed E-state index contributed by atoms with van der Waals surface area (Å²) in [5.41, 5.74) is 1.29. The number of halogens is 1. The maximum atomic E-state index is 11.5. The van der Waals surface area contributed by atoms with Crippen molar-refractivity contribution < 1.29 is 14.8 Å². The van der Waals surface area contributed by atoms with Crippen LogP contribution in [-0.2, 0) is 16.1 Å². The molecule has 0 amide bonds. The average Bonchev–Trinajstić information content (AvgIpc) is 2.28. The van der Waals surface area contributed by atoms with Gasteiger partial charge in [0.15, 0.2) is 0 Å². The molecule has 2 N–H and O–H groups in total. The van der Waals surface area contributed by atoms with Crippen molar-refractivity contribution in [3.8, 4) is 0 Å². The molecular formula is C13H19INO2+. The lowest BCUT2D eigenvalue weighted by atomic mass is 10.2. The smallest absolute Gasteiger partial charge is 0.321 e. The zero-order valence-corrected chi connectivity index (χ0v) is 12.4. The van der Waals surface area contributed by atoms with Gasteiger partial charge in [0, 0.05) is 5.56 Å². The lowest BCUT2D eigenvalue weighted by molar-refractivity contribution is -0.671. The van der Waals surface area contributed by atoms with Crippen LogP contribution in [-0.4, -0.2) is 22.5 Å². The normalized spacial score (nSPS) is 11.2. The number of hydrogen-bond donors (Lipinski definition) is 1. The van der Waals surface area contributed by atoms with Crippen molar-refractivity contribution >= 4 is 28.6 Å². The summed E-state index contributed by atoms with van der Waals surface area (Å²) in [7, 11) is 0. The number of alkyl halides is 1. The third kappa shape index (κ3) is 6.02. The van der Waals surface area contributed by atoms with Crippen molar-refractivity contribution in [3.05, 3.63) is 35.9 Å². The van der Waals surface area contributed by atoms with Crippen LogP contribution in [0.2, 0.25) is 0 Å². The van der Waals surface area contributed by atoms with Crippen molar-refractivity contribution in [2.45, 2.75) is 23.8 Å². The van der Waals surface area contributed by atoms with Crippen molar-refractivity contribution in [3.63, 3.8) is 0 Å². The molecule has 1 aromatic carbocycles. The second kappa shape index (κ2) is 6.96. The molecule has 0 unspecified atom stereocenters. The van der Waals surface area contributed by atoms with Gasteiger partial charge in [-0.15, -0.1) is 0 Å². The van der Waals surface area contributed by atoms with Crippen molar-refractivity contribution in [1.82, 2.24) is 0 Å².